The van der Waals surface area contributed by atoms with Crippen molar-refractivity contribution < 1.29 is 9.53 Å². The molecule has 1 N–H and O–H groups in total. The highest BCUT2D eigenvalue weighted by atomic mass is 16.5. The van der Waals surface area contributed by atoms with Crippen LogP contribution in [0.5, 0.6) is 0 Å². The third kappa shape index (κ3) is 3.03. The van der Waals surface area contributed by atoms with E-state index in [0.29, 0.717) is 0 Å². The molecule has 0 heterocycles. The van der Waals surface area contributed by atoms with Crippen LogP contribution in [0.1, 0.15) is 39.5 Å². The highest BCUT2D eigenvalue weighted by molar-refractivity contribution is 5.66. The molecular formula is C15H21NO2. The summed E-state index contributed by atoms with van der Waals surface area (Å²) in [7, 11) is 0. The molecule has 0 radical (unpaired) electrons. The van der Waals surface area contributed by atoms with Crippen molar-refractivity contribution >= 4 is 11.7 Å². The number of ether oxygens (including phenoxy) is 1. The molecular weight excluding hydrogens is 226 g/mol. The van der Waals surface area contributed by atoms with E-state index in [0.717, 1.165) is 24.9 Å². The summed E-state index contributed by atoms with van der Waals surface area (Å²) < 4.78 is 5.48. The summed E-state index contributed by atoms with van der Waals surface area (Å²) in [6.45, 7) is 3.63. The number of hydrogen-bond donors (Lipinski definition) is 1. The largest absolute Gasteiger partial charge is 0.460 e. The molecule has 0 amide bonds. The summed E-state index contributed by atoms with van der Waals surface area (Å²) in [5.41, 5.74) is 0.921. The van der Waals surface area contributed by atoms with Crippen molar-refractivity contribution in [2.45, 2.75) is 51.2 Å². The predicted octanol–water partition coefficient (Wildman–Crippen LogP) is 3.36. The Bertz CT molecular complexity index is 404. The van der Waals surface area contributed by atoms with Gasteiger partial charge in [-0.1, -0.05) is 24.6 Å². The van der Waals surface area contributed by atoms with Gasteiger partial charge in [-0.25, -0.2) is 0 Å². The van der Waals surface area contributed by atoms with Gasteiger partial charge in [0.15, 0.2) is 0 Å². The van der Waals surface area contributed by atoms with Gasteiger partial charge in [-0.05, 0) is 38.3 Å². The lowest BCUT2D eigenvalue weighted by atomic mass is 9.80. The second-order valence-electron chi connectivity index (χ2n) is 5.25. The molecule has 0 spiro atoms. The molecule has 0 aromatic heterocycles. The Kier molecular flexibility index (Phi) is 3.90. The fourth-order valence-electron chi connectivity index (χ4n) is 2.69. The van der Waals surface area contributed by atoms with E-state index in [4.69, 9.17) is 4.74 Å². The van der Waals surface area contributed by atoms with Crippen LogP contribution in [-0.2, 0) is 9.53 Å². The quantitative estimate of drug-likeness (QED) is 0.832. The SMILES string of the molecule is CC(=O)OC1CCCCC1(C)Nc1ccccc1. The summed E-state index contributed by atoms with van der Waals surface area (Å²) in [6.07, 6.45) is 4.23. The summed E-state index contributed by atoms with van der Waals surface area (Å²) in [6, 6.07) is 10.1. The Labute approximate surface area is 109 Å². The Hall–Kier alpha value is -1.51. The van der Waals surface area contributed by atoms with Gasteiger partial charge in [0, 0.05) is 12.6 Å². The molecule has 2 atom stereocenters. The Morgan fingerprint density at radius 2 is 2.06 bits per heavy atom. The molecule has 18 heavy (non-hydrogen) atoms. The molecule has 1 aliphatic rings. The van der Waals surface area contributed by atoms with Crippen LogP contribution >= 0.6 is 0 Å². The fourth-order valence-corrected chi connectivity index (χ4v) is 2.69. The first-order chi connectivity index (χ1) is 8.60. The van der Waals surface area contributed by atoms with Crippen LogP contribution in [0.3, 0.4) is 0 Å². The van der Waals surface area contributed by atoms with E-state index >= 15 is 0 Å². The van der Waals surface area contributed by atoms with Crippen LogP contribution in [0.2, 0.25) is 0 Å². The molecule has 1 aromatic rings. The number of rotatable bonds is 3. The number of benzene rings is 1. The maximum Gasteiger partial charge on any atom is 0.302 e. The summed E-state index contributed by atoms with van der Waals surface area (Å²) in [4.78, 5) is 11.2. The lowest BCUT2D eigenvalue weighted by Crippen LogP contribution is -2.50. The second kappa shape index (κ2) is 5.42. The van der Waals surface area contributed by atoms with Gasteiger partial charge in [-0.3, -0.25) is 4.79 Å². The molecule has 0 bridgehead atoms. The van der Waals surface area contributed by atoms with Gasteiger partial charge in [0.25, 0.3) is 0 Å². The lowest BCUT2D eigenvalue weighted by Gasteiger charge is -2.41. The van der Waals surface area contributed by atoms with Crippen molar-refractivity contribution in [1.29, 1.82) is 0 Å². The fraction of sp³-hybridized carbons (Fsp3) is 0.533. The molecule has 3 heteroatoms. The first kappa shape index (κ1) is 12.9. The molecule has 1 fully saturated rings. The minimum Gasteiger partial charge on any atom is -0.460 e. The van der Waals surface area contributed by atoms with Gasteiger partial charge in [-0.15, -0.1) is 0 Å². The number of para-hydroxylation sites is 1. The van der Waals surface area contributed by atoms with Gasteiger partial charge in [0.1, 0.15) is 6.10 Å². The second-order valence-corrected chi connectivity index (χ2v) is 5.25. The Balaban J connectivity index is 2.12. The molecule has 1 saturated carbocycles. The highest BCUT2D eigenvalue weighted by Gasteiger charge is 2.38. The standard InChI is InChI=1S/C15H21NO2/c1-12(17)18-14-10-6-7-11-15(14,2)16-13-8-4-3-5-9-13/h3-5,8-9,14,16H,6-7,10-11H2,1-2H3. The number of carbonyl (C=O) groups is 1. The monoisotopic (exact) mass is 247 g/mol. The molecule has 2 unspecified atom stereocenters. The average Bonchev–Trinajstić information content (AvgIpc) is 2.33. The van der Waals surface area contributed by atoms with Crippen LogP contribution < -0.4 is 5.32 Å². The molecule has 0 saturated heterocycles. The van der Waals surface area contributed by atoms with Crippen molar-refractivity contribution in [1.82, 2.24) is 0 Å². The Morgan fingerprint density at radius 1 is 1.33 bits per heavy atom. The maximum atomic E-state index is 11.2. The number of carbonyl (C=O) groups excluding carboxylic acids is 1. The van der Waals surface area contributed by atoms with Crippen molar-refractivity contribution in [3.8, 4) is 0 Å². The van der Waals surface area contributed by atoms with Crippen LogP contribution in [-0.4, -0.2) is 17.6 Å². The zero-order valence-electron chi connectivity index (χ0n) is 11.1. The summed E-state index contributed by atoms with van der Waals surface area (Å²) in [5.74, 6) is -0.192. The lowest BCUT2D eigenvalue weighted by molar-refractivity contribution is -0.150. The van der Waals surface area contributed by atoms with E-state index < -0.39 is 0 Å². The van der Waals surface area contributed by atoms with Crippen LogP contribution in [0.25, 0.3) is 0 Å². The first-order valence-corrected chi connectivity index (χ1v) is 6.61. The van der Waals surface area contributed by atoms with E-state index in [1.54, 1.807) is 0 Å². The molecule has 2 rings (SSSR count). The minimum atomic E-state index is -0.192. The molecule has 0 aliphatic heterocycles. The summed E-state index contributed by atoms with van der Waals surface area (Å²) >= 11 is 0. The zero-order valence-corrected chi connectivity index (χ0v) is 11.1. The van der Waals surface area contributed by atoms with E-state index in [1.807, 2.05) is 30.3 Å². The third-order valence-electron chi connectivity index (χ3n) is 3.63. The molecule has 98 valence electrons. The third-order valence-corrected chi connectivity index (χ3v) is 3.63. The van der Waals surface area contributed by atoms with Crippen molar-refractivity contribution in [3.05, 3.63) is 30.3 Å². The van der Waals surface area contributed by atoms with Crippen LogP contribution in [0.15, 0.2) is 30.3 Å². The zero-order chi connectivity index (χ0) is 13.0. The van der Waals surface area contributed by atoms with Gasteiger partial charge in [-0.2, -0.15) is 0 Å². The number of esters is 1. The molecule has 1 aliphatic carbocycles. The Morgan fingerprint density at radius 3 is 2.72 bits per heavy atom. The number of hydrogen-bond acceptors (Lipinski definition) is 3. The van der Waals surface area contributed by atoms with Gasteiger partial charge in [0.2, 0.25) is 0 Å². The smallest absolute Gasteiger partial charge is 0.302 e. The van der Waals surface area contributed by atoms with Crippen molar-refractivity contribution in [2.75, 3.05) is 5.32 Å². The minimum absolute atomic E-state index is 0.0380. The maximum absolute atomic E-state index is 11.2. The average molecular weight is 247 g/mol. The van der Waals surface area contributed by atoms with Gasteiger partial charge in [0.05, 0.1) is 5.54 Å². The summed E-state index contributed by atoms with van der Waals surface area (Å²) in [5, 5.41) is 3.54. The van der Waals surface area contributed by atoms with Crippen LogP contribution in [0.4, 0.5) is 5.69 Å². The number of anilines is 1. The topological polar surface area (TPSA) is 38.3 Å². The van der Waals surface area contributed by atoms with E-state index in [1.165, 1.54) is 13.3 Å². The van der Waals surface area contributed by atoms with E-state index in [9.17, 15) is 4.79 Å². The van der Waals surface area contributed by atoms with E-state index in [2.05, 4.69) is 12.2 Å². The van der Waals surface area contributed by atoms with Gasteiger partial charge < -0.3 is 10.1 Å². The molecule has 1 aromatic carbocycles. The normalized spacial score (nSPS) is 27.6. The predicted molar refractivity (Wildman–Crippen MR) is 72.5 cm³/mol. The molecule has 3 nitrogen and oxygen atoms in total. The first-order valence-electron chi connectivity index (χ1n) is 6.61. The van der Waals surface area contributed by atoms with Crippen molar-refractivity contribution in [2.24, 2.45) is 0 Å². The number of nitrogens with one attached hydrogen (secondary N) is 1. The van der Waals surface area contributed by atoms with E-state index in [-0.39, 0.29) is 17.6 Å². The van der Waals surface area contributed by atoms with Crippen LogP contribution in [0, 0.1) is 0 Å². The van der Waals surface area contributed by atoms with Crippen molar-refractivity contribution in [3.63, 3.8) is 0 Å². The highest BCUT2D eigenvalue weighted by Crippen LogP contribution is 2.33. The van der Waals surface area contributed by atoms with Gasteiger partial charge >= 0.3 is 5.97 Å².